The third kappa shape index (κ3) is 3.71. The van der Waals surface area contributed by atoms with Crippen LogP contribution in [0.3, 0.4) is 0 Å². The average molecular weight is 260 g/mol. The topological polar surface area (TPSA) is 38.5 Å². The number of anilines is 1. The Morgan fingerprint density at radius 1 is 1.26 bits per heavy atom. The summed E-state index contributed by atoms with van der Waals surface area (Å²) in [5.41, 5.74) is 8.06. The van der Waals surface area contributed by atoms with Gasteiger partial charge < -0.3 is 10.5 Å². The highest BCUT2D eigenvalue weighted by Crippen LogP contribution is 2.29. The molecule has 2 N–H and O–H groups in total. The molecule has 19 heavy (non-hydrogen) atoms. The predicted molar refractivity (Wildman–Crippen MR) is 77.9 cm³/mol. The van der Waals surface area contributed by atoms with Crippen molar-refractivity contribution in [3.63, 3.8) is 0 Å². The van der Waals surface area contributed by atoms with Crippen molar-refractivity contribution >= 4 is 5.69 Å². The SMILES string of the molecule is Nc1cccc(CN(CCC2CCCO2)C2CC2)c1. The molecule has 1 aromatic carbocycles. The molecular formula is C16H24N2O. The van der Waals surface area contributed by atoms with Gasteiger partial charge in [0.05, 0.1) is 6.10 Å². The van der Waals surface area contributed by atoms with E-state index in [9.17, 15) is 0 Å². The Kier molecular flexibility index (Phi) is 4.04. The van der Waals surface area contributed by atoms with Gasteiger partial charge in [0, 0.05) is 31.4 Å². The molecule has 104 valence electrons. The molecular weight excluding hydrogens is 236 g/mol. The Balaban J connectivity index is 1.54. The molecule has 1 aliphatic heterocycles. The minimum atomic E-state index is 0.502. The second-order valence-electron chi connectivity index (χ2n) is 5.87. The lowest BCUT2D eigenvalue weighted by Gasteiger charge is -2.23. The molecule has 3 nitrogen and oxygen atoms in total. The summed E-state index contributed by atoms with van der Waals surface area (Å²) in [5, 5.41) is 0. The van der Waals surface area contributed by atoms with Gasteiger partial charge in [0.1, 0.15) is 0 Å². The number of benzene rings is 1. The van der Waals surface area contributed by atoms with Gasteiger partial charge in [-0.25, -0.2) is 0 Å². The fourth-order valence-corrected chi connectivity index (χ4v) is 2.94. The summed E-state index contributed by atoms with van der Waals surface area (Å²) in [4.78, 5) is 2.61. The number of hydrogen-bond donors (Lipinski definition) is 1. The van der Waals surface area contributed by atoms with E-state index in [0.717, 1.165) is 31.4 Å². The maximum atomic E-state index is 5.86. The zero-order valence-electron chi connectivity index (χ0n) is 11.6. The number of hydrogen-bond acceptors (Lipinski definition) is 3. The first-order chi connectivity index (χ1) is 9.31. The number of rotatable bonds is 6. The van der Waals surface area contributed by atoms with Crippen LogP contribution in [-0.2, 0) is 11.3 Å². The molecule has 3 rings (SSSR count). The van der Waals surface area contributed by atoms with Gasteiger partial charge in [0.2, 0.25) is 0 Å². The Hall–Kier alpha value is -1.06. The van der Waals surface area contributed by atoms with Crippen LogP contribution in [0.5, 0.6) is 0 Å². The summed E-state index contributed by atoms with van der Waals surface area (Å²) in [6, 6.07) is 9.08. The van der Waals surface area contributed by atoms with Crippen molar-refractivity contribution in [1.82, 2.24) is 4.90 Å². The zero-order valence-corrected chi connectivity index (χ0v) is 11.6. The van der Waals surface area contributed by atoms with Crippen LogP contribution >= 0.6 is 0 Å². The van der Waals surface area contributed by atoms with Crippen molar-refractivity contribution < 1.29 is 4.74 Å². The molecule has 0 spiro atoms. The van der Waals surface area contributed by atoms with Gasteiger partial charge in [-0.15, -0.1) is 0 Å². The standard InChI is InChI=1S/C16H24N2O/c17-14-4-1-3-13(11-14)12-18(15-6-7-15)9-8-16-5-2-10-19-16/h1,3-4,11,15-16H,2,5-10,12,17H2. The smallest absolute Gasteiger partial charge is 0.0588 e. The van der Waals surface area contributed by atoms with Crippen molar-refractivity contribution in [2.45, 2.75) is 50.8 Å². The van der Waals surface area contributed by atoms with E-state index in [0.29, 0.717) is 6.10 Å². The van der Waals surface area contributed by atoms with Gasteiger partial charge in [0.15, 0.2) is 0 Å². The van der Waals surface area contributed by atoms with Crippen LogP contribution in [0.25, 0.3) is 0 Å². The van der Waals surface area contributed by atoms with E-state index >= 15 is 0 Å². The molecule has 2 aliphatic rings. The normalized spacial score (nSPS) is 23.1. The third-order valence-corrected chi connectivity index (χ3v) is 4.16. The van der Waals surface area contributed by atoms with E-state index < -0.39 is 0 Å². The predicted octanol–water partition coefficient (Wildman–Crippen LogP) is 2.80. The third-order valence-electron chi connectivity index (χ3n) is 4.16. The summed E-state index contributed by atoms with van der Waals surface area (Å²) in [5.74, 6) is 0. The number of nitrogens with two attached hydrogens (primary N) is 1. The molecule has 0 bridgehead atoms. The van der Waals surface area contributed by atoms with Crippen LogP contribution in [0.2, 0.25) is 0 Å². The lowest BCUT2D eigenvalue weighted by molar-refractivity contribution is 0.0896. The monoisotopic (exact) mass is 260 g/mol. The van der Waals surface area contributed by atoms with E-state index in [1.54, 1.807) is 0 Å². The van der Waals surface area contributed by atoms with Gasteiger partial charge in [0.25, 0.3) is 0 Å². The van der Waals surface area contributed by atoms with Crippen molar-refractivity contribution in [3.8, 4) is 0 Å². The van der Waals surface area contributed by atoms with Gasteiger partial charge in [-0.1, -0.05) is 12.1 Å². The molecule has 0 radical (unpaired) electrons. The summed E-state index contributed by atoms with van der Waals surface area (Å²) in [7, 11) is 0. The highest BCUT2D eigenvalue weighted by atomic mass is 16.5. The molecule has 1 saturated heterocycles. The van der Waals surface area contributed by atoms with Crippen LogP contribution in [0.4, 0.5) is 5.69 Å². The van der Waals surface area contributed by atoms with Gasteiger partial charge in [-0.3, -0.25) is 4.90 Å². The second-order valence-corrected chi connectivity index (χ2v) is 5.87. The van der Waals surface area contributed by atoms with Crippen LogP contribution in [-0.4, -0.2) is 30.2 Å². The van der Waals surface area contributed by atoms with Gasteiger partial charge >= 0.3 is 0 Å². The minimum absolute atomic E-state index is 0.502. The molecule has 2 fully saturated rings. The first kappa shape index (κ1) is 12.9. The molecule has 0 amide bonds. The summed E-state index contributed by atoms with van der Waals surface area (Å²) >= 11 is 0. The Morgan fingerprint density at radius 2 is 2.16 bits per heavy atom. The molecule has 0 aromatic heterocycles. The fourth-order valence-electron chi connectivity index (χ4n) is 2.94. The number of nitrogen functional groups attached to an aromatic ring is 1. The quantitative estimate of drug-likeness (QED) is 0.799. The van der Waals surface area contributed by atoms with Crippen molar-refractivity contribution in [1.29, 1.82) is 0 Å². The van der Waals surface area contributed by atoms with Gasteiger partial charge in [-0.2, -0.15) is 0 Å². The number of ether oxygens (including phenoxy) is 1. The van der Waals surface area contributed by atoms with E-state index in [1.165, 1.54) is 37.7 Å². The van der Waals surface area contributed by atoms with Crippen LogP contribution in [0.1, 0.15) is 37.7 Å². The number of nitrogens with zero attached hydrogens (tertiary/aromatic N) is 1. The molecule has 3 heteroatoms. The Labute approximate surface area is 115 Å². The van der Waals surface area contributed by atoms with Crippen LogP contribution < -0.4 is 5.73 Å². The van der Waals surface area contributed by atoms with Crippen molar-refractivity contribution in [2.75, 3.05) is 18.9 Å². The maximum Gasteiger partial charge on any atom is 0.0588 e. The lowest BCUT2D eigenvalue weighted by Crippen LogP contribution is -2.29. The van der Waals surface area contributed by atoms with Crippen LogP contribution in [0.15, 0.2) is 24.3 Å². The molecule has 1 atom stereocenters. The molecule has 1 aliphatic carbocycles. The second kappa shape index (κ2) is 5.93. The molecule has 1 unspecified atom stereocenters. The maximum absolute atomic E-state index is 5.86. The molecule has 1 heterocycles. The average Bonchev–Trinajstić information content (AvgIpc) is 3.11. The van der Waals surface area contributed by atoms with E-state index in [1.807, 2.05) is 6.07 Å². The Bertz CT molecular complexity index is 411. The first-order valence-electron chi connectivity index (χ1n) is 7.51. The van der Waals surface area contributed by atoms with Crippen molar-refractivity contribution in [2.24, 2.45) is 0 Å². The summed E-state index contributed by atoms with van der Waals surface area (Å²) in [6.45, 7) is 3.15. The summed E-state index contributed by atoms with van der Waals surface area (Å²) < 4.78 is 5.73. The lowest BCUT2D eigenvalue weighted by atomic mass is 10.1. The largest absolute Gasteiger partial charge is 0.399 e. The molecule has 1 saturated carbocycles. The van der Waals surface area contributed by atoms with Crippen LogP contribution in [0, 0.1) is 0 Å². The van der Waals surface area contributed by atoms with E-state index in [-0.39, 0.29) is 0 Å². The van der Waals surface area contributed by atoms with E-state index in [2.05, 4.69) is 23.1 Å². The summed E-state index contributed by atoms with van der Waals surface area (Å²) in [6.07, 6.45) is 6.88. The van der Waals surface area contributed by atoms with E-state index in [4.69, 9.17) is 10.5 Å². The van der Waals surface area contributed by atoms with Crippen molar-refractivity contribution in [3.05, 3.63) is 29.8 Å². The Morgan fingerprint density at radius 3 is 2.84 bits per heavy atom. The minimum Gasteiger partial charge on any atom is -0.399 e. The zero-order chi connectivity index (χ0) is 13.1. The fraction of sp³-hybridized carbons (Fsp3) is 0.625. The molecule has 1 aromatic rings. The highest BCUT2D eigenvalue weighted by Gasteiger charge is 2.29. The van der Waals surface area contributed by atoms with Gasteiger partial charge in [-0.05, 0) is 49.8 Å². The first-order valence-corrected chi connectivity index (χ1v) is 7.51. The highest BCUT2D eigenvalue weighted by molar-refractivity contribution is 5.40.